The number of thioether (sulfide) groups is 1. The highest BCUT2D eigenvalue weighted by atomic mass is 32.2. The van der Waals surface area contributed by atoms with Crippen LogP contribution in [0, 0.1) is 5.41 Å². The fourth-order valence-electron chi connectivity index (χ4n) is 1.20. The summed E-state index contributed by atoms with van der Waals surface area (Å²) in [6, 6.07) is 0.230. The lowest BCUT2D eigenvalue weighted by Crippen LogP contribution is -2.53. The maximum absolute atomic E-state index is 11.1. The molecule has 70 valence electrons. The molecule has 1 unspecified atom stereocenters. The minimum atomic E-state index is -0.423. The van der Waals surface area contributed by atoms with Gasteiger partial charge in [-0.25, -0.2) is 0 Å². The van der Waals surface area contributed by atoms with Crippen LogP contribution in [0.4, 0.5) is 0 Å². The minimum Gasteiger partial charge on any atom is -0.369 e. The molecule has 1 atom stereocenters. The van der Waals surface area contributed by atoms with Crippen LogP contribution in [0.2, 0.25) is 0 Å². The molecule has 1 heterocycles. The summed E-state index contributed by atoms with van der Waals surface area (Å²) >= 11 is 1.88. The third kappa shape index (κ3) is 1.93. The number of nitrogens with two attached hydrogens (primary N) is 1. The van der Waals surface area contributed by atoms with Gasteiger partial charge in [-0.05, 0) is 13.8 Å². The molecule has 1 saturated heterocycles. The summed E-state index contributed by atoms with van der Waals surface area (Å²) in [7, 11) is 0. The molecule has 1 aliphatic heterocycles. The Morgan fingerprint density at radius 3 is 2.75 bits per heavy atom. The molecule has 0 bridgehead atoms. The third-order valence-electron chi connectivity index (χ3n) is 2.43. The Morgan fingerprint density at radius 2 is 2.33 bits per heavy atom. The van der Waals surface area contributed by atoms with Crippen LogP contribution < -0.4 is 11.1 Å². The lowest BCUT2D eigenvalue weighted by molar-refractivity contribution is -0.127. The van der Waals surface area contributed by atoms with Gasteiger partial charge in [-0.15, -0.1) is 0 Å². The Labute approximate surface area is 77.5 Å². The van der Waals surface area contributed by atoms with E-state index < -0.39 is 5.41 Å². The fraction of sp³-hybridized carbons (Fsp3) is 0.875. The highest BCUT2D eigenvalue weighted by Crippen LogP contribution is 2.25. The van der Waals surface area contributed by atoms with Gasteiger partial charge in [-0.2, -0.15) is 11.8 Å². The Balaban J connectivity index is 2.59. The van der Waals surface area contributed by atoms with E-state index in [0.717, 1.165) is 18.1 Å². The second kappa shape index (κ2) is 3.66. The van der Waals surface area contributed by atoms with E-state index in [1.807, 2.05) is 25.6 Å². The zero-order valence-corrected chi connectivity index (χ0v) is 8.41. The first kappa shape index (κ1) is 9.86. The van der Waals surface area contributed by atoms with Crippen LogP contribution in [0.25, 0.3) is 0 Å². The standard InChI is InChI=1S/C8H16N2OS/c1-8(2,7(9)11)6-5-12-4-3-10-6/h6,10H,3-5H2,1-2H3,(H2,9,11). The molecule has 12 heavy (non-hydrogen) atoms. The Kier molecular flexibility index (Phi) is 3.01. The summed E-state index contributed by atoms with van der Waals surface area (Å²) in [6.07, 6.45) is 0. The normalized spacial score (nSPS) is 25.3. The van der Waals surface area contributed by atoms with E-state index in [1.165, 1.54) is 0 Å². The zero-order valence-electron chi connectivity index (χ0n) is 7.59. The van der Waals surface area contributed by atoms with Crippen molar-refractivity contribution in [2.75, 3.05) is 18.1 Å². The number of carbonyl (C=O) groups is 1. The number of hydrogen-bond donors (Lipinski definition) is 2. The van der Waals surface area contributed by atoms with Crippen LogP contribution in [0.1, 0.15) is 13.8 Å². The molecule has 1 amide bonds. The van der Waals surface area contributed by atoms with Crippen molar-refractivity contribution in [1.29, 1.82) is 0 Å². The maximum atomic E-state index is 11.1. The first-order valence-corrected chi connectivity index (χ1v) is 5.31. The van der Waals surface area contributed by atoms with Crippen LogP contribution >= 0.6 is 11.8 Å². The van der Waals surface area contributed by atoms with Gasteiger partial charge >= 0.3 is 0 Å². The van der Waals surface area contributed by atoms with Gasteiger partial charge in [0.2, 0.25) is 5.91 Å². The van der Waals surface area contributed by atoms with Crippen molar-refractivity contribution in [3.63, 3.8) is 0 Å². The summed E-state index contributed by atoms with van der Waals surface area (Å²) in [6.45, 7) is 4.78. The topological polar surface area (TPSA) is 55.1 Å². The molecule has 0 saturated carbocycles. The third-order valence-corrected chi connectivity index (χ3v) is 3.49. The summed E-state index contributed by atoms with van der Waals surface area (Å²) in [5.74, 6) is 1.89. The van der Waals surface area contributed by atoms with Crippen molar-refractivity contribution < 1.29 is 4.79 Å². The highest BCUT2D eigenvalue weighted by molar-refractivity contribution is 7.99. The lowest BCUT2D eigenvalue weighted by Gasteiger charge is -2.34. The van der Waals surface area contributed by atoms with E-state index in [-0.39, 0.29) is 11.9 Å². The van der Waals surface area contributed by atoms with Gasteiger partial charge in [0.1, 0.15) is 0 Å². The van der Waals surface area contributed by atoms with Crippen molar-refractivity contribution in [3.05, 3.63) is 0 Å². The number of hydrogen-bond acceptors (Lipinski definition) is 3. The molecule has 0 aromatic rings. The molecule has 0 aromatic heterocycles. The Hall–Kier alpha value is -0.220. The summed E-state index contributed by atoms with van der Waals surface area (Å²) in [4.78, 5) is 11.1. The number of primary amides is 1. The lowest BCUT2D eigenvalue weighted by atomic mass is 9.84. The molecule has 0 aromatic carbocycles. The fourth-order valence-corrected chi connectivity index (χ4v) is 2.40. The van der Waals surface area contributed by atoms with Gasteiger partial charge in [0, 0.05) is 24.1 Å². The number of rotatable bonds is 2. The largest absolute Gasteiger partial charge is 0.369 e. The average Bonchev–Trinajstić information content (AvgIpc) is 2.06. The van der Waals surface area contributed by atoms with E-state index in [9.17, 15) is 4.79 Å². The Bertz CT molecular complexity index is 176. The van der Waals surface area contributed by atoms with Gasteiger partial charge in [0.05, 0.1) is 5.41 Å². The molecule has 1 aliphatic rings. The van der Waals surface area contributed by atoms with E-state index in [4.69, 9.17) is 5.73 Å². The first-order valence-electron chi connectivity index (χ1n) is 4.16. The van der Waals surface area contributed by atoms with E-state index in [1.54, 1.807) is 0 Å². The number of amides is 1. The van der Waals surface area contributed by atoms with Crippen LogP contribution in [0.5, 0.6) is 0 Å². The van der Waals surface area contributed by atoms with E-state index in [0.29, 0.717) is 0 Å². The van der Waals surface area contributed by atoms with Gasteiger partial charge in [0.15, 0.2) is 0 Å². The maximum Gasteiger partial charge on any atom is 0.224 e. The molecule has 1 fully saturated rings. The average molecular weight is 188 g/mol. The highest BCUT2D eigenvalue weighted by Gasteiger charge is 2.35. The van der Waals surface area contributed by atoms with Crippen molar-refractivity contribution >= 4 is 17.7 Å². The summed E-state index contributed by atoms with van der Waals surface area (Å²) in [5.41, 5.74) is 4.89. The molecule has 0 aliphatic carbocycles. The Morgan fingerprint density at radius 1 is 1.67 bits per heavy atom. The predicted octanol–water partition coefficient (Wildman–Crippen LogP) is 0.203. The van der Waals surface area contributed by atoms with Crippen molar-refractivity contribution in [2.45, 2.75) is 19.9 Å². The zero-order chi connectivity index (χ0) is 9.19. The van der Waals surface area contributed by atoms with Crippen LogP contribution in [-0.2, 0) is 4.79 Å². The second-order valence-electron chi connectivity index (χ2n) is 3.67. The molecular weight excluding hydrogens is 172 g/mol. The SMILES string of the molecule is CC(C)(C(N)=O)C1CSCCN1. The smallest absolute Gasteiger partial charge is 0.224 e. The summed E-state index contributed by atoms with van der Waals surface area (Å²) < 4.78 is 0. The molecule has 3 nitrogen and oxygen atoms in total. The van der Waals surface area contributed by atoms with E-state index in [2.05, 4.69) is 5.32 Å². The number of carbonyl (C=O) groups excluding carboxylic acids is 1. The molecule has 4 heteroatoms. The molecule has 3 N–H and O–H groups in total. The van der Waals surface area contributed by atoms with Crippen molar-refractivity contribution in [2.24, 2.45) is 11.1 Å². The minimum absolute atomic E-state index is 0.220. The second-order valence-corrected chi connectivity index (χ2v) is 4.82. The van der Waals surface area contributed by atoms with Crippen molar-refractivity contribution in [1.82, 2.24) is 5.32 Å². The molecule has 1 rings (SSSR count). The van der Waals surface area contributed by atoms with Crippen LogP contribution in [0.15, 0.2) is 0 Å². The van der Waals surface area contributed by atoms with E-state index >= 15 is 0 Å². The first-order chi connectivity index (χ1) is 5.55. The number of nitrogens with one attached hydrogen (secondary N) is 1. The quantitative estimate of drug-likeness (QED) is 0.651. The van der Waals surface area contributed by atoms with Gasteiger partial charge in [-0.1, -0.05) is 0 Å². The van der Waals surface area contributed by atoms with Gasteiger partial charge in [-0.3, -0.25) is 4.79 Å². The van der Waals surface area contributed by atoms with Crippen LogP contribution in [0.3, 0.4) is 0 Å². The molecule has 0 spiro atoms. The molecular formula is C8H16N2OS. The van der Waals surface area contributed by atoms with Gasteiger partial charge in [0.25, 0.3) is 0 Å². The van der Waals surface area contributed by atoms with Crippen molar-refractivity contribution in [3.8, 4) is 0 Å². The van der Waals surface area contributed by atoms with Crippen LogP contribution in [-0.4, -0.2) is 30.0 Å². The molecule has 0 radical (unpaired) electrons. The predicted molar refractivity (Wildman–Crippen MR) is 52.1 cm³/mol. The summed E-state index contributed by atoms with van der Waals surface area (Å²) in [5, 5.41) is 3.32. The van der Waals surface area contributed by atoms with Gasteiger partial charge < -0.3 is 11.1 Å². The monoisotopic (exact) mass is 188 g/mol.